The molecule has 2 rings (SSSR count). The average molecular weight is 267 g/mol. The lowest BCUT2D eigenvalue weighted by molar-refractivity contribution is 0.572. The van der Waals surface area contributed by atoms with E-state index in [0.717, 1.165) is 22.2 Å². The smallest absolute Gasteiger partial charge is 0.227 e. The van der Waals surface area contributed by atoms with Gasteiger partial charge in [0, 0.05) is 10.9 Å². The molecule has 15 heavy (non-hydrogen) atoms. The van der Waals surface area contributed by atoms with E-state index < -0.39 is 0 Å². The molecule has 2 N–H and O–H groups in total. The van der Waals surface area contributed by atoms with Crippen molar-refractivity contribution in [1.29, 1.82) is 0 Å². The fourth-order valence-corrected chi connectivity index (χ4v) is 1.78. The average Bonchev–Trinajstić information content (AvgIpc) is 2.68. The standard InChI is InChI=1S/C11H11BrN2O/c12-10-4-2-1-3-9(10)11-14-8(5-6-13)7-15-11/h1-4,7H,5-6,13H2. The van der Waals surface area contributed by atoms with Crippen LogP contribution in [0.15, 0.2) is 39.4 Å². The first-order valence-electron chi connectivity index (χ1n) is 4.70. The predicted octanol–water partition coefficient (Wildman–Crippen LogP) is 2.61. The Morgan fingerprint density at radius 1 is 1.33 bits per heavy atom. The molecule has 0 aliphatic rings. The number of rotatable bonds is 3. The van der Waals surface area contributed by atoms with Crippen LogP contribution in [0.5, 0.6) is 0 Å². The van der Waals surface area contributed by atoms with Crippen LogP contribution in [0.25, 0.3) is 11.5 Å². The van der Waals surface area contributed by atoms with E-state index in [4.69, 9.17) is 10.2 Å². The highest BCUT2D eigenvalue weighted by Crippen LogP contribution is 2.26. The highest BCUT2D eigenvalue weighted by atomic mass is 79.9. The summed E-state index contributed by atoms with van der Waals surface area (Å²) in [7, 11) is 0. The van der Waals surface area contributed by atoms with Crippen molar-refractivity contribution in [2.45, 2.75) is 6.42 Å². The Bertz CT molecular complexity index is 453. The van der Waals surface area contributed by atoms with Gasteiger partial charge in [-0.3, -0.25) is 0 Å². The van der Waals surface area contributed by atoms with E-state index in [1.165, 1.54) is 0 Å². The molecule has 4 heteroatoms. The van der Waals surface area contributed by atoms with Crippen LogP contribution in [0.2, 0.25) is 0 Å². The van der Waals surface area contributed by atoms with Gasteiger partial charge in [-0.2, -0.15) is 0 Å². The number of aromatic nitrogens is 1. The van der Waals surface area contributed by atoms with Crippen LogP contribution in [0.3, 0.4) is 0 Å². The van der Waals surface area contributed by atoms with Crippen LogP contribution in [0, 0.1) is 0 Å². The lowest BCUT2D eigenvalue weighted by atomic mass is 10.2. The molecule has 78 valence electrons. The van der Waals surface area contributed by atoms with Gasteiger partial charge in [0.15, 0.2) is 0 Å². The Kier molecular flexibility index (Phi) is 3.18. The second kappa shape index (κ2) is 4.59. The van der Waals surface area contributed by atoms with Gasteiger partial charge in [-0.25, -0.2) is 4.98 Å². The minimum Gasteiger partial charge on any atom is -0.444 e. The Morgan fingerprint density at radius 2 is 2.13 bits per heavy atom. The first-order valence-corrected chi connectivity index (χ1v) is 5.50. The fraction of sp³-hybridized carbons (Fsp3) is 0.182. The van der Waals surface area contributed by atoms with Crippen molar-refractivity contribution in [3.63, 3.8) is 0 Å². The van der Waals surface area contributed by atoms with E-state index in [2.05, 4.69) is 20.9 Å². The quantitative estimate of drug-likeness (QED) is 0.929. The van der Waals surface area contributed by atoms with Gasteiger partial charge in [0.2, 0.25) is 5.89 Å². The first kappa shape index (κ1) is 10.4. The monoisotopic (exact) mass is 266 g/mol. The van der Waals surface area contributed by atoms with E-state index in [1.54, 1.807) is 6.26 Å². The summed E-state index contributed by atoms with van der Waals surface area (Å²) in [6, 6.07) is 7.83. The minimum absolute atomic E-state index is 0.585. The van der Waals surface area contributed by atoms with Gasteiger partial charge >= 0.3 is 0 Å². The van der Waals surface area contributed by atoms with Crippen molar-refractivity contribution in [3.05, 3.63) is 40.7 Å². The van der Waals surface area contributed by atoms with E-state index in [0.29, 0.717) is 12.4 Å². The lowest BCUT2D eigenvalue weighted by Crippen LogP contribution is -2.02. The number of nitrogens with two attached hydrogens (primary N) is 1. The summed E-state index contributed by atoms with van der Waals surface area (Å²) in [5.41, 5.74) is 7.30. The summed E-state index contributed by atoms with van der Waals surface area (Å²) < 4.78 is 6.37. The first-order chi connectivity index (χ1) is 7.31. The third-order valence-corrected chi connectivity index (χ3v) is 2.75. The Morgan fingerprint density at radius 3 is 2.87 bits per heavy atom. The molecular formula is C11H11BrN2O. The predicted molar refractivity (Wildman–Crippen MR) is 62.4 cm³/mol. The maximum absolute atomic E-state index is 5.45. The Labute approximate surface area is 96.4 Å². The molecule has 2 aromatic rings. The zero-order chi connectivity index (χ0) is 10.7. The molecule has 0 amide bonds. The van der Waals surface area contributed by atoms with Crippen molar-refractivity contribution >= 4 is 15.9 Å². The molecule has 1 aromatic carbocycles. The van der Waals surface area contributed by atoms with Gasteiger partial charge in [-0.1, -0.05) is 12.1 Å². The molecule has 0 bridgehead atoms. The van der Waals surface area contributed by atoms with E-state index in [1.807, 2.05) is 24.3 Å². The van der Waals surface area contributed by atoms with Crippen LogP contribution in [-0.4, -0.2) is 11.5 Å². The van der Waals surface area contributed by atoms with Gasteiger partial charge in [-0.15, -0.1) is 0 Å². The van der Waals surface area contributed by atoms with Crippen LogP contribution >= 0.6 is 15.9 Å². The molecule has 0 spiro atoms. The molecule has 0 fully saturated rings. The number of benzene rings is 1. The number of hydrogen-bond acceptors (Lipinski definition) is 3. The van der Waals surface area contributed by atoms with E-state index in [9.17, 15) is 0 Å². The Balaban J connectivity index is 2.33. The number of oxazole rings is 1. The van der Waals surface area contributed by atoms with Crippen LogP contribution < -0.4 is 5.73 Å². The summed E-state index contributed by atoms with van der Waals surface area (Å²) in [6.45, 7) is 0.585. The zero-order valence-electron chi connectivity index (χ0n) is 8.11. The van der Waals surface area contributed by atoms with Gasteiger partial charge in [-0.05, 0) is 34.6 Å². The summed E-state index contributed by atoms with van der Waals surface area (Å²) >= 11 is 3.46. The van der Waals surface area contributed by atoms with Crippen LogP contribution in [0.4, 0.5) is 0 Å². The second-order valence-electron chi connectivity index (χ2n) is 3.16. The van der Waals surface area contributed by atoms with Crippen LogP contribution in [-0.2, 0) is 6.42 Å². The zero-order valence-corrected chi connectivity index (χ0v) is 9.70. The highest BCUT2D eigenvalue weighted by molar-refractivity contribution is 9.10. The van der Waals surface area contributed by atoms with Crippen molar-refractivity contribution in [2.24, 2.45) is 5.73 Å². The van der Waals surface area contributed by atoms with Gasteiger partial charge in [0.25, 0.3) is 0 Å². The number of halogens is 1. The van der Waals surface area contributed by atoms with E-state index in [-0.39, 0.29) is 0 Å². The third-order valence-electron chi connectivity index (χ3n) is 2.06. The number of nitrogens with zero attached hydrogens (tertiary/aromatic N) is 1. The molecule has 0 aliphatic heterocycles. The summed E-state index contributed by atoms with van der Waals surface area (Å²) in [5, 5.41) is 0. The molecule has 0 aliphatic carbocycles. The molecule has 0 saturated heterocycles. The van der Waals surface area contributed by atoms with Crippen molar-refractivity contribution in [3.8, 4) is 11.5 Å². The normalized spacial score (nSPS) is 10.5. The minimum atomic E-state index is 0.585. The largest absolute Gasteiger partial charge is 0.444 e. The van der Waals surface area contributed by atoms with E-state index >= 15 is 0 Å². The molecule has 0 saturated carbocycles. The lowest BCUT2D eigenvalue weighted by Gasteiger charge is -1.97. The number of hydrogen-bond donors (Lipinski definition) is 1. The summed E-state index contributed by atoms with van der Waals surface area (Å²) in [4.78, 5) is 4.35. The SMILES string of the molecule is NCCc1coc(-c2ccccc2Br)n1. The Hall–Kier alpha value is -1.13. The molecule has 0 unspecified atom stereocenters. The van der Waals surface area contributed by atoms with Gasteiger partial charge in [0.1, 0.15) is 6.26 Å². The maximum Gasteiger partial charge on any atom is 0.227 e. The maximum atomic E-state index is 5.45. The van der Waals surface area contributed by atoms with Gasteiger partial charge < -0.3 is 10.2 Å². The molecule has 1 heterocycles. The third kappa shape index (κ3) is 2.27. The van der Waals surface area contributed by atoms with Crippen molar-refractivity contribution < 1.29 is 4.42 Å². The second-order valence-corrected chi connectivity index (χ2v) is 4.02. The fourth-order valence-electron chi connectivity index (χ4n) is 1.33. The van der Waals surface area contributed by atoms with Crippen molar-refractivity contribution in [1.82, 2.24) is 4.98 Å². The highest BCUT2D eigenvalue weighted by Gasteiger charge is 2.08. The molecule has 1 aromatic heterocycles. The van der Waals surface area contributed by atoms with Gasteiger partial charge in [0.05, 0.1) is 11.3 Å². The molecule has 0 radical (unpaired) electrons. The summed E-state index contributed by atoms with van der Waals surface area (Å²) in [5.74, 6) is 0.630. The van der Waals surface area contributed by atoms with Crippen molar-refractivity contribution in [2.75, 3.05) is 6.54 Å². The molecule has 3 nitrogen and oxygen atoms in total. The molecular weight excluding hydrogens is 256 g/mol. The van der Waals surface area contributed by atoms with Crippen LogP contribution in [0.1, 0.15) is 5.69 Å². The molecule has 0 atom stereocenters. The summed E-state index contributed by atoms with van der Waals surface area (Å²) in [6.07, 6.45) is 2.40. The topological polar surface area (TPSA) is 52.0 Å².